The first-order valence-corrected chi connectivity index (χ1v) is 6.58. The minimum atomic E-state index is -3.98. The molecular formula is C10H18F3NS. The van der Waals surface area contributed by atoms with Crippen molar-refractivity contribution in [2.75, 3.05) is 24.6 Å². The lowest BCUT2D eigenvalue weighted by molar-refractivity contribution is -0.135. The molecule has 1 unspecified atom stereocenters. The number of unbranched alkanes of at least 4 members (excludes halogenated alkanes) is 1. The summed E-state index contributed by atoms with van der Waals surface area (Å²) >= 11 is 1.97. The fourth-order valence-corrected chi connectivity index (χ4v) is 2.91. The molecule has 5 heteroatoms. The Kier molecular flexibility index (Phi) is 5.82. The molecule has 0 aliphatic carbocycles. The van der Waals surface area contributed by atoms with Crippen molar-refractivity contribution >= 4 is 11.8 Å². The van der Waals surface area contributed by atoms with Crippen LogP contribution in [0.25, 0.3) is 0 Å². The molecule has 1 aliphatic heterocycles. The second kappa shape index (κ2) is 6.63. The lowest BCUT2D eigenvalue weighted by Gasteiger charge is -2.10. The molecule has 0 saturated carbocycles. The zero-order valence-electron chi connectivity index (χ0n) is 8.78. The Morgan fingerprint density at radius 1 is 1.27 bits per heavy atom. The summed E-state index contributed by atoms with van der Waals surface area (Å²) in [6.45, 7) is 1.69. The molecule has 0 aromatic heterocycles. The van der Waals surface area contributed by atoms with E-state index in [0.29, 0.717) is 6.42 Å². The average molecular weight is 241 g/mol. The number of hydrogen-bond acceptors (Lipinski definition) is 2. The Balaban J connectivity index is 1.84. The molecule has 1 atom stereocenters. The number of rotatable bonds is 6. The van der Waals surface area contributed by atoms with Crippen molar-refractivity contribution in [1.82, 2.24) is 5.32 Å². The van der Waals surface area contributed by atoms with Crippen LogP contribution in [0.2, 0.25) is 0 Å². The third-order valence-electron chi connectivity index (χ3n) is 2.52. The molecule has 0 amide bonds. The summed E-state index contributed by atoms with van der Waals surface area (Å²) in [6.07, 6.45) is -2.51. The van der Waals surface area contributed by atoms with Gasteiger partial charge in [0.15, 0.2) is 0 Å². The lowest BCUT2D eigenvalue weighted by atomic mass is 10.1. The van der Waals surface area contributed by atoms with Gasteiger partial charge >= 0.3 is 6.18 Å². The molecule has 0 spiro atoms. The first kappa shape index (κ1) is 13.2. The average Bonchev–Trinajstić information content (AvgIpc) is 2.61. The Hall–Kier alpha value is 0.100. The van der Waals surface area contributed by atoms with Crippen molar-refractivity contribution < 1.29 is 13.2 Å². The van der Waals surface area contributed by atoms with Crippen LogP contribution >= 0.6 is 11.8 Å². The maximum absolute atomic E-state index is 11.8. The van der Waals surface area contributed by atoms with E-state index in [1.54, 1.807) is 0 Å². The first-order chi connectivity index (χ1) is 7.08. The van der Waals surface area contributed by atoms with Crippen LogP contribution in [0.5, 0.6) is 0 Å². The van der Waals surface area contributed by atoms with E-state index < -0.39 is 12.6 Å². The maximum atomic E-state index is 11.8. The van der Waals surface area contributed by atoms with Crippen LogP contribution in [0, 0.1) is 5.92 Å². The summed E-state index contributed by atoms with van der Waals surface area (Å²) in [4.78, 5) is 0. The summed E-state index contributed by atoms with van der Waals surface area (Å²) in [6, 6.07) is 0. The molecule has 1 nitrogen and oxygen atoms in total. The summed E-state index contributed by atoms with van der Waals surface area (Å²) in [5, 5.41) is 3.23. The van der Waals surface area contributed by atoms with Gasteiger partial charge in [-0.1, -0.05) is 0 Å². The van der Waals surface area contributed by atoms with E-state index in [9.17, 15) is 13.2 Å². The highest BCUT2D eigenvalue weighted by Gasteiger charge is 2.25. The standard InChI is InChI=1S/C10H18F3NS/c11-10(12,13)4-1-2-5-14-7-9-3-6-15-8-9/h9,14H,1-8H2. The van der Waals surface area contributed by atoms with E-state index in [1.165, 1.54) is 17.9 Å². The molecule has 1 aliphatic rings. The number of nitrogens with one attached hydrogen (secondary N) is 1. The summed E-state index contributed by atoms with van der Waals surface area (Å²) < 4.78 is 35.4. The zero-order valence-corrected chi connectivity index (χ0v) is 9.59. The van der Waals surface area contributed by atoms with Gasteiger partial charge in [-0.25, -0.2) is 0 Å². The third-order valence-corrected chi connectivity index (χ3v) is 3.75. The fraction of sp³-hybridized carbons (Fsp3) is 1.00. The van der Waals surface area contributed by atoms with E-state index in [-0.39, 0.29) is 6.42 Å². The lowest BCUT2D eigenvalue weighted by Crippen LogP contribution is -2.23. The van der Waals surface area contributed by atoms with Gasteiger partial charge in [-0.3, -0.25) is 0 Å². The van der Waals surface area contributed by atoms with Gasteiger partial charge in [-0.2, -0.15) is 24.9 Å². The van der Waals surface area contributed by atoms with E-state index in [1.807, 2.05) is 11.8 Å². The quantitative estimate of drug-likeness (QED) is 0.717. The highest BCUT2D eigenvalue weighted by atomic mass is 32.2. The largest absolute Gasteiger partial charge is 0.389 e. The van der Waals surface area contributed by atoms with E-state index in [2.05, 4.69) is 5.32 Å². The van der Waals surface area contributed by atoms with Crippen LogP contribution < -0.4 is 5.32 Å². The van der Waals surface area contributed by atoms with Crippen molar-refractivity contribution in [3.63, 3.8) is 0 Å². The van der Waals surface area contributed by atoms with Gasteiger partial charge in [-0.05, 0) is 49.8 Å². The van der Waals surface area contributed by atoms with Crippen LogP contribution in [-0.4, -0.2) is 30.8 Å². The molecule has 0 aromatic carbocycles. The highest BCUT2D eigenvalue weighted by Crippen LogP contribution is 2.23. The Bertz CT molecular complexity index is 167. The predicted molar refractivity (Wildman–Crippen MR) is 58.2 cm³/mol. The van der Waals surface area contributed by atoms with Crippen LogP contribution in [-0.2, 0) is 0 Å². The second-order valence-corrected chi connectivity index (χ2v) is 5.16. The normalized spacial score (nSPS) is 22.2. The van der Waals surface area contributed by atoms with Gasteiger partial charge in [-0.15, -0.1) is 0 Å². The second-order valence-electron chi connectivity index (χ2n) is 4.01. The molecule has 0 aromatic rings. The number of halogens is 3. The molecule has 90 valence electrons. The minimum Gasteiger partial charge on any atom is -0.316 e. The van der Waals surface area contributed by atoms with E-state index >= 15 is 0 Å². The Morgan fingerprint density at radius 3 is 2.67 bits per heavy atom. The number of hydrogen-bond donors (Lipinski definition) is 1. The summed E-state index contributed by atoms with van der Waals surface area (Å²) in [7, 11) is 0. The topological polar surface area (TPSA) is 12.0 Å². The minimum absolute atomic E-state index is 0.246. The van der Waals surface area contributed by atoms with Gasteiger partial charge in [0.1, 0.15) is 0 Å². The highest BCUT2D eigenvalue weighted by molar-refractivity contribution is 7.99. The van der Waals surface area contributed by atoms with Crippen molar-refractivity contribution in [3.8, 4) is 0 Å². The van der Waals surface area contributed by atoms with Gasteiger partial charge in [0.25, 0.3) is 0 Å². The molecule has 0 bridgehead atoms. The van der Waals surface area contributed by atoms with Gasteiger partial charge in [0.2, 0.25) is 0 Å². The molecule has 1 heterocycles. The molecule has 1 N–H and O–H groups in total. The zero-order chi connectivity index (χ0) is 11.1. The third kappa shape index (κ3) is 7.06. The summed E-state index contributed by atoms with van der Waals surface area (Å²) in [5.74, 6) is 3.17. The van der Waals surface area contributed by atoms with Gasteiger partial charge in [0.05, 0.1) is 0 Å². The first-order valence-electron chi connectivity index (χ1n) is 5.43. The Morgan fingerprint density at radius 2 is 2.07 bits per heavy atom. The predicted octanol–water partition coefficient (Wildman–Crippen LogP) is 3.06. The van der Waals surface area contributed by atoms with Crippen molar-refractivity contribution in [2.45, 2.75) is 31.9 Å². The smallest absolute Gasteiger partial charge is 0.316 e. The Labute approximate surface area is 93.2 Å². The van der Waals surface area contributed by atoms with Crippen LogP contribution in [0.15, 0.2) is 0 Å². The van der Waals surface area contributed by atoms with Gasteiger partial charge < -0.3 is 5.32 Å². The fourth-order valence-electron chi connectivity index (χ4n) is 1.63. The van der Waals surface area contributed by atoms with Crippen LogP contribution in [0.4, 0.5) is 13.2 Å². The van der Waals surface area contributed by atoms with Crippen molar-refractivity contribution in [1.29, 1.82) is 0 Å². The molecule has 0 radical (unpaired) electrons. The molecule has 15 heavy (non-hydrogen) atoms. The molecule has 1 saturated heterocycles. The van der Waals surface area contributed by atoms with E-state index in [0.717, 1.165) is 19.0 Å². The summed E-state index contributed by atoms with van der Waals surface area (Å²) in [5.41, 5.74) is 0. The molecule has 1 fully saturated rings. The van der Waals surface area contributed by atoms with Crippen molar-refractivity contribution in [3.05, 3.63) is 0 Å². The molecule has 1 rings (SSSR count). The number of alkyl halides is 3. The van der Waals surface area contributed by atoms with Crippen molar-refractivity contribution in [2.24, 2.45) is 5.92 Å². The monoisotopic (exact) mass is 241 g/mol. The van der Waals surface area contributed by atoms with E-state index in [4.69, 9.17) is 0 Å². The molecular weight excluding hydrogens is 223 g/mol. The number of thioether (sulfide) groups is 1. The maximum Gasteiger partial charge on any atom is 0.389 e. The SMILES string of the molecule is FC(F)(F)CCCCNCC1CCSC1. The van der Waals surface area contributed by atoms with Crippen LogP contribution in [0.3, 0.4) is 0 Å². The van der Waals surface area contributed by atoms with Gasteiger partial charge in [0, 0.05) is 6.42 Å². The van der Waals surface area contributed by atoms with Crippen LogP contribution in [0.1, 0.15) is 25.7 Å².